The van der Waals surface area contributed by atoms with Crippen LogP contribution in [0.25, 0.3) is 0 Å². The van der Waals surface area contributed by atoms with Gasteiger partial charge in [-0.15, -0.1) is 0 Å². The zero-order chi connectivity index (χ0) is 14.1. The highest BCUT2D eigenvalue weighted by Crippen LogP contribution is 2.11. The summed E-state index contributed by atoms with van der Waals surface area (Å²) in [6.45, 7) is 9.03. The molecule has 1 aromatic carbocycles. The Hall–Kier alpha value is -0.570. The van der Waals surface area contributed by atoms with Crippen molar-refractivity contribution in [3.8, 4) is 0 Å². The first-order valence-corrected chi connectivity index (χ1v) is 7.51. The van der Waals surface area contributed by atoms with E-state index in [1.165, 1.54) is 12.8 Å². The predicted octanol–water partition coefficient (Wildman–Crippen LogP) is 4.27. The number of hydrogen-bond acceptors (Lipinski definition) is 2. The lowest BCUT2D eigenvalue weighted by molar-refractivity contribution is 0.120. The Balaban J connectivity index is 2.05. The van der Waals surface area contributed by atoms with Gasteiger partial charge in [-0.05, 0) is 43.4 Å². The van der Waals surface area contributed by atoms with Gasteiger partial charge < -0.3 is 10.1 Å². The van der Waals surface area contributed by atoms with Gasteiger partial charge in [-0.25, -0.2) is 0 Å². The lowest BCUT2D eigenvalue weighted by Crippen LogP contribution is -2.29. The molecule has 1 N–H and O–H groups in total. The van der Waals surface area contributed by atoms with Crippen LogP contribution >= 0.6 is 11.6 Å². The van der Waals surface area contributed by atoms with Crippen LogP contribution in [-0.2, 0) is 11.3 Å². The Labute approximate surface area is 122 Å². The summed E-state index contributed by atoms with van der Waals surface area (Å²) in [5, 5.41) is 4.25. The van der Waals surface area contributed by atoms with Gasteiger partial charge in [-0.2, -0.15) is 0 Å². The fraction of sp³-hybridized carbons (Fsp3) is 0.625. The third-order valence-electron chi connectivity index (χ3n) is 3.07. The smallest absolute Gasteiger partial charge is 0.0718 e. The summed E-state index contributed by atoms with van der Waals surface area (Å²) in [7, 11) is 0. The van der Waals surface area contributed by atoms with Crippen molar-refractivity contribution in [2.75, 3.05) is 13.2 Å². The average Bonchev–Trinajstić information content (AvgIpc) is 2.36. The van der Waals surface area contributed by atoms with Crippen LogP contribution in [0.2, 0.25) is 5.02 Å². The molecular formula is C16H26ClNO. The third-order valence-corrected chi connectivity index (χ3v) is 3.31. The second-order valence-corrected chi connectivity index (χ2v) is 5.95. The minimum Gasteiger partial charge on any atom is -0.375 e. The summed E-state index contributed by atoms with van der Waals surface area (Å²) in [4.78, 5) is 0. The lowest BCUT2D eigenvalue weighted by Gasteiger charge is -2.15. The van der Waals surface area contributed by atoms with Gasteiger partial charge in [0.15, 0.2) is 0 Å². The molecule has 1 aromatic rings. The normalized spacial score (nSPS) is 12.9. The molecule has 0 saturated carbocycles. The largest absolute Gasteiger partial charge is 0.375 e. The van der Waals surface area contributed by atoms with Crippen molar-refractivity contribution >= 4 is 11.6 Å². The molecule has 0 aliphatic rings. The van der Waals surface area contributed by atoms with E-state index in [9.17, 15) is 0 Å². The highest BCUT2D eigenvalue weighted by atomic mass is 35.5. The van der Waals surface area contributed by atoms with E-state index in [1.54, 1.807) is 0 Å². The van der Waals surface area contributed by atoms with Crippen LogP contribution in [0.1, 0.15) is 39.2 Å². The molecule has 19 heavy (non-hydrogen) atoms. The minimum atomic E-state index is 0.567. The van der Waals surface area contributed by atoms with Crippen molar-refractivity contribution in [1.82, 2.24) is 5.32 Å². The first kappa shape index (κ1) is 16.5. The summed E-state index contributed by atoms with van der Waals surface area (Å²) in [5.41, 5.74) is 1.13. The standard InChI is InChI=1S/C16H26ClNO/c1-13(2)7-8-14(3)18-9-10-19-12-15-5-4-6-16(17)11-15/h4-6,11,13-14,18H,7-10,12H2,1-3H3. The van der Waals surface area contributed by atoms with Crippen molar-refractivity contribution in [2.45, 2.75) is 46.3 Å². The van der Waals surface area contributed by atoms with Gasteiger partial charge in [-0.3, -0.25) is 0 Å². The van der Waals surface area contributed by atoms with E-state index in [0.717, 1.165) is 29.7 Å². The van der Waals surface area contributed by atoms with E-state index in [0.29, 0.717) is 12.6 Å². The molecule has 0 saturated heterocycles. The third kappa shape index (κ3) is 8.25. The summed E-state index contributed by atoms with van der Waals surface area (Å²) < 4.78 is 5.63. The fourth-order valence-electron chi connectivity index (χ4n) is 1.88. The molecule has 0 spiro atoms. The first-order valence-electron chi connectivity index (χ1n) is 7.13. The topological polar surface area (TPSA) is 21.3 Å². The molecule has 108 valence electrons. The van der Waals surface area contributed by atoms with E-state index in [2.05, 4.69) is 26.1 Å². The average molecular weight is 284 g/mol. The monoisotopic (exact) mass is 283 g/mol. The molecule has 0 amide bonds. The van der Waals surface area contributed by atoms with Gasteiger partial charge in [0.05, 0.1) is 13.2 Å². The van der Waals surface area contributed by atoms with Crippen molar-refractivity contribution in [1.29, 1.82) is 0 Å². The number of halogens is 1. The highest BCUT2D eigenvalue weighted by Gasteiger charge is 2.02. The first-order chi connectivity index (χ1) is 9.08. The van der Waals surface area contributed by atoms with E-state index in [1.807, 2.05) is 24.3 Å². The molecule has 0 aromatic heterocycles. The number of benzene rings is 1. The van der Waals surface area contributed by atoms with E-state index in [-0.39, 0.29) is 0 Å². The van der Waals surface area contributed by atoms with Crippen LogP contribution in [0.4, 0.5) is 0 Å². The van der Waals surface area contributed by atoms with Gasteiger partial charge in [-0.1, -0.05) is 37.6 Å². The van der Waals surface area contributed by atoms with Crippen LogP contribution in [0, 0.1) is 5.92 Å². The molecule has 0 fully saturated rings. The Bertz CT molecular complexity index is 354. The van der Waals surface area contributed by atoms with Crippen LogP contribution in [0.5, 0.6) is 0 Å². The fourth-order valence-corrected chi connectivity index (χ4v) is 2.09. The van der Waals surface area contributed by atoms with Crippen LogP contribution in [-0.4, -0.2) is 19.2 Å². The maximum atomic E-state index is 5.92. The van der Waals surface area contributed by atoms with Gasteiger partial charge in [0.1, 0.15) is 0 Å². The van der Waals surface area contributed by atoms with E-state index >= 15 is 0 Å². The summed E-state index contributed by atoms with van der Waals surface area (Å²) >= 11 is 5.92. The quantitative estimate of drug-likeness (QED) is 0.683. The van der Waals surface area contributed by atoms with Crippen LogP contribution < -0.4 is 5.32 Å². The van der Waals surface area contributed by atoms with Gasteiger partial charge in [0.2, 0.25) is 0 Å². The predicted molar refractivity (Wildman–Crippen MR) is 82.6 cm³/mol. The molecule has 0 heterocycles. The lowest BCUT2D eigenvalue weighted by atomic mass is 10.0. The van der Waals surface area contributed by atoms with Gasteiger partial charge in [0, 0.05) is 17.6 Å². The second kappa shape index (κ2) is 9.35. The SMILES string of the molecule is CC(C)CCC(C)NCCOCc1cccc(Cl)c1. The van der Waals surface area contributed by atoms with Crippen molar-refractivity contribution in [2.24, 2.45) is 5.92 Å². The highest BCUT2D eigenvalue weighted by molar-refractivity contribution is 6.30. The zero-order valence-electron chi connectivity index (χ0n) is 12.3. The minimum absolute atomic E-state index is 0.567. The zero-order valence-corrected chi connectivity index (χ0v) is 13.0. The number of ether oxygens (including phenoxy) is 1. The molecule has 1 unspecified atom stereocenters. The Morgan fingerprint density at radius 3 is 2.68 bits per heavy atom. The summed E-state index contributed by atoms with van der Waals surface area (Å²) in [6.07, 6.45) is 2.50. The van der Waals surface area contributed by atoms with E-state index in [4.69, 9.17) is 16.3 Å². The van der Waals surface area contributed by atoms with Crippen LogP contribution in [0.15, 0.2) is 24.3 Å². The molecule has 1 atom stereocenters. The van der Waals surface area contributed by atoms with Crippen molar-refractivity contribution < 1.29 is 4.74 Å². The molecule has 0 bridgehead atoms. The number of hydrogen-bond donors (Lipinski definition) is 1. The molecular weight excluding hydrogens is 258 g/mol. The van der Waals surface area contributed by atoms with Crippen LogP contribution in [0.3, 0.4) is 0 Å². The molecule has 0 radical (unpaired) electrons. The van der Waals surface area contributed by atoms with E-state index < -0.39 is 0 Å². The molecule has 2 nitrogen and oxygen atoms in total. The maximum Gasteiger partial charge on any atom is 0.0718 e. The Morgan fingerprint density at radius 2 is 2.00 bits per heavy atom. The van der Waals surface area contributed by atoms with Crippen molar-refractivity contribution in [3.05, 3.63) is 34.9 Å². The number of nitrogens with one attached hydrogen (secondary N) is 1. The summed E-state index contributed by atoms with van der Waals surface area (Å²) in [6, 6.07) is 8.37. The molecule has 0 aliphatic heterocycles. The Morgan fingerprint density at radius 1 is 1.21 bits per heavy atom. The molecule has 3 heteroatoms. The summed E-state index contributed by atoms with van der Waals surface area (Å²) in [5.74, 6) is 0.781. The van der Waals surface area contributed by atoms with Gasteiger partial charge >= 0.3 is 0 Å². The second-order valence-electron chi connectivity index (χ2n) is 5.51. The van der Waals surface area contributed by atoms with Crippen molar-refractivity contribution in [3.63, 3.8) is 0 Å². The van der Waals surface area contributed by atoms with Gasteiger partial charge in [0.25, 0.3) is 0 Å². The maximum absolute atomic E-state index is 5.92. The molecule has 0 aliphatic carbocycles. The molecule has 1 rings (SSSR count). The Kier molecular flexibility index (Phi) is 8.11. The number of rotatable bonds is 9.